The summed E-state index contributed by atoms with van der Waals surface area (Å²) >= 11 is 0. The van der Waals surface area contributed by atoms with Gasteiger partial charge >= 0.3 is 5.97 Å². The second kappa shape index (κ2) is 6.13. The van der Waals surface area contributed by atoms with Gasteiger partial charge in [0, 0.05) is 5.57 Å². The van der Waals surface area contributed by atoms with Crippen molar-refractivity contribution in [2.24, 2.45) is 5.92 Å². The van der Waals surface area contributed by atoms with Crippen LogP contribution in [0.5, 0.6) is 0 Å². The van der Waals surface area contributed by atoms with E-state index in [0.717, 1.165) is 0 Å². The SMILES string of the molecule is C=C(C(=O)OC)C(c1ccco1)C(C(C)=O)C(C)=O. The summed E-state index contributed by atoms with van der Waals surface area (Å²) in [6.45, 7) is 6.22. The Balaban J connectivity index is 3.27. The molecule has 0 aliphatic heterocycles. The first kappa shape index (κ1) is 14.9. The van der Waals surface area contributed by atoms with E-state index in [1.54, 1.807) is 12.1 Å². The zero-order valence-electron chi connectivity index (χ0n) is 11.1. The Morgan fingerprint density at radius 3 is 2.21 bits per heavy atom. The molecule has 0 aliphatic carbocycles. The van der Waals surface area contributed by atoms with E-state index >= 15 is 0 Å². The van der Waals surface area contributed by atoms with E-state index in [0.29, 0.717) is 5.76 Å². The maximum atomic E-state index is 11.7. The Morgan fingerprint density at radius 1 is 1.26 bits per heavy atom. The van der Waals surface area contributed by atoms with Gasteiger partial charge in [0.05, 0.1) is 25.2 Å². The molecule has 102 valence electrons. The molecule has 0 aromatic carbocycles. The molecule has 1 heterocycles. The van der Waals surface area contributed by atoms with Crippen molar-refractivity contribution in [1.29, 1.82) is 0 Å². The molecule has 1 rings (SSSR count). The lowest BCUT2D eigenvalue weighted by atomic mass is 9.80. The molecule has 1 atom stereocenters. The van der Waals surface area contributed by atoms with E-state index in [-0.39, 0.29) is 17.1 Å². The zero-order valence-corrected chi connectivity index (χ0v) is 11.1. The van der Waals surface area contributed by atoms with Gasteiger partial charge in [0.15, 0.2) is 0 Å². The van der Waals surface area contributed by atoms with Crippen LogP contribution in [-0.4, -0.2) is 24.6 Å². The van der Waals surface area contributed by atoms with E-state index in [9.17, 15) is 14.4 Å². The van der Waals surface area contributed by atoms with Crippen molar-refractivity contribution < 1.29 is 23.5 Å². The van der Waals surface area contributed by atoms with E-state index in [2.05, 4.69) is 11.3 Å². The highest BCUT2D eigenvalue weighted by molar-refractivity contribution is 6.03. The minimum atomic E-state index is -1.00. The number of esters is 1. The number of ketones is 2. The Morgan fingerprint density at radius 2 is 1.84 bits per heavy atom. The third-order valence-electron chi connectivity index (χ3n) is 2.88. The van der Waals surface area contributed by atoms with Crippen LogP contribution in [0.4, 0.5) is 0 Å². The number of ether oxygens (including phenoxy) is 1. The normalized spacial score (nSPS) is 12.0. The Hall–Kier alpha value is -2.17. The van der Waals surface area contributed by atoms with Gasteiger partial charge < -0.3 is 9.15 Å². The fourth-order valence-electron chi connectivity index (χ4n) is 2.02. The molecule has 0 bridgehead atoms. The molecule has 1 unspecified atom stereocenters. The molecular formula is C14H16O5. The summed E-state index contributed by atoms with van der Waals surface area (Å²) < 4.78 is 9.82. The molecule has 0 fully saturated rings. The predicted molar refractivity (Wildman–Crippen MR) is 67.5 cm³/mol. The van der Waals surface area contributed by atoms with Crippen molar-refractivity contribution in [1.82, 2.24) is 0 Å². The Bertz CT molecular complexity index is 484. The van der Waals surface area contributed by atoms with Crippen LogP contribution in [0.1, 0.15) is 25.5 Å². The van der Waals surface area contributed by atoms with Gasteiger partial charge in [0.25, 0.3) is 0 Å². The maximum absolute atomic E-state index is 11.7. The van der Waals surface area contributed by atoms with Crippen LogP contribution in [0.3, 0.4) is 0 Å². The van der Waals surface area contributed by atoms with Crippen molar-refractivity contribution >= 4 is 17.5 Å². The van der Waals surface area contributed by atoms with Crippen LogP contribution in [0.25, 0.3) is 0 Å². The zero-order chi connectivity index (χ0) is 14.6. The van der Waals surface area contributed by atoms with Gasteiger partial charge in [-0.1, -0.05) is 6.58 Å². The van der Waals surface area contributed by atoms with Gasteiger partial charge in [0.1, 0.15) is 17.3 Å². The molecule has 0 radical (unpaired) electrons. The summed E-state index contributed by atoms with van der Waals surface area (Å²) in [5.41, 5.74) is 0.0212. The molecule has 5 nitrogen and oxygen atoms in total. The third kappa shape index (κ3) is 3.19. The van der Waals surface area contributed by atoms with Crippen LogP contribution in [-0.2, 0) is 19.1 Å². The lowest BCUT2D eigenvalue weighted by molar-refractivity contribution is -0.137. The van der Waals surface area contributed by atoms with Gasteiger partial charge in [0.2, 0.25) is 0 Å². The molecule has 1 aromatic heterocycles. The molecule has 19 heavy (non-hydrogen) atoms. The van der Waals surface area contributed by atoms with Crippen molar-refractivity contribution in [3.05, 3.63) is 36.3 Å². The number of hydrogen-bond acceptors (Lipinski definition) is 5. The van der Waals surface area contributed by atoms with Gasteiger partial charge in [-0.2, -0.15) is 0 Å². The molecule has 0 amide bonds. The highest BCUT2D eigenvalue weighted by Crippen LogP contribution is 2.33. The molecule has 0 N–H and O–H groups in total. The fourth-order valence-corrected chi connectivity index (χ4v) is 2.02. The fraction of sp³-hybridized carbons (Fsp3) is 0.357. The second-order valence-corrected chi connectivity index (χ2v) is 4.21. The van der Waals surface area contributed by atoms with E-state index in [1.807, 2.05) is 0 Å². The highest BCUT2D eigenvalue weighted by atomic mass is 16.5. The average Bonchev–Trinajstić information content (AvgIpc) is 2.86. The van der Waals surface area contributed by atoms with Crippen molar-refractivity contribution in [2.75, 3.05) is 7.11 Å². The number of carbonyl (C=O) groups excluding carboxylic acids is 3. The number of furan rings is 1. The predicted octanol–water partition coefficient (Wildman–Crippen LogP) is 1.89. The molecule has 0 saturated carbocycles. The van der Waals surface area contributed by atoms with Gasteiger partial charge in [-0.15, -0.1) is 0 Å². The highest BCUT2D eigenvalue weighted by Gasteiger charge is 2.37. The van der Waals surface area contributed by atoms with Crippen molar-refractivity contribution in [3.63, 3.8) is 0 Å². The van der Waals surface area contributed by atoms with Gasteiger partial charge in [-0.25, -0.2) is 4.79 Å². The second-order valence-electron chi connectivity index (χ2n) is 4.21. The first-order valence-corrected chi connectivity index (χ1v) is 5.71. The largest absolute Gasteiger partial charge is 0.469 e. The minimum Gasteiger partial charge on any atom is -0.469 e. The van der Waals surface area contributed by atoms with E-state index in [1.165, 1.54) is 27.2 Å². The quantitative estimate of drug-likeness (QED) is 0.445. The van der Waals surface area contributed by atoms with Crippen LogP contribution >= 0.6 is 0 Å². The van der Waals surface area contributed by atoms with Crippen LogP contribution in [0, 0.1) is 5.92 Å². The lowest BCUT2D eigenvalue weighted by Crippen LogP contribution is -2.30. The van der Waals surface area contributed by atoms with Crippen LogP contribution in [0.15, 0.2) is 35.0 Å². The monoisotopic (exact) mass is 264 g/mol. The summed E-state index contributed by atoms with van der Waals surface area (Å²) in [5.74, 6) is -2.87. The molecule has 0 spiro atoms. The summed E-state index contributed by atoms with van der Waals surface area (Å²) in [6, 6.07) is 3.21. The van der Waals surface area contributed by atoms with Crippen molar-refractivity contribution in [2.45, 2.75) is 19.8 Å². The number of carbonyl (C=O) groups is 3. The maximum Gasteiger partial charge on any atom is 0.333 e. The molecule has 0 saturated heterocycles. The number of Topliss-reactive ketones (excluding diaryl/α,β-unsaturated/α-hetero) is 2. The smallest absolute Gasteiger partial charge is 0.333 e. The van der Waals surface area contributed by atoms with Crippen LogP contribution in [0.2, 0.25) is 0 Å². The number of methoxy groups -OCH3 is 1. The molecular weight excluding hydrogens is 248 g/mol. The topological polar surface area (TPSA) is 73.6 Å². The first-order chi connectivity index (χ1) is 8.90. The molecule has 1 aromatic rings. The van der Waals surface area contributed by atoms with Crippen LogP contribution < -0.4 is 0 Å². The third-order valence-corrected chi connectivity index (χ3v) is 2.88. The Kier molecular flexibility index (Phi) is 4.80. The molecule has 5 heteroatoms. The minimum absolute atomic E-state index is 0.0212. The summed E-state index contributed by atoms with van der Waals surface area (Å²) in [5, 5.41) is 0. The average molecular weight is 264 g/mol. The van der Waals surface area contributed by atoms with Gasteiger partial charge in [-0.05, 0) is 26.0 Å². The number of hydrogen-bond donors (Lipinski definition) is 0. The van der Waals surface area contributed by atoms with Crippen molar-refractivity contribution in [3.8, 4) is 0 Å². The number of rotatable bonds is 6. The summed E-state index contributed by atoms with van der Waals surface area (Å²) in [4.78, 5) is 35.0. The van der Waals surface area contributed by atoms with E-state index in [4.69, 9.17) is 4.42 Å². The standard InChI is InChI=1S/C14H16O5/c1-8(14(17)18-4)12(11-6-5-7-19-11)13(9(2)15)10(3)16/h5-7,12-13H,1H2,2-4H3. The van der Waals surface area contributed by atoms with Gasteiger partial charge in [-0.3, -0.25) is 9.59 Å². The summed E-state index contributed by atoms with van der Waals surface area (Å²) in [7, 11) is 1.21. The lowest BCUT2D eigenvalue weighted by Gasteiger charge is -2.22. The summed E-state index contributed by atoms with van der Waals surface area (Å²) in [6.07, 6.45) is 1.41. The Labute approximate surface area is 111 Å². The molecule has 0 aliphatic rings. The van der Waals surface area contributed by atoms with E-state index < -0.39 is 17.8 Å². The first-order valence-electron chi connectivity index (χ1n) is 5.71.